The van der Waals surface area contributed by atoms with Crippen molar-refractivity contribution in [2.45, 2.75) is 20.0 Å². The van der Waals surface area contributed by atoms with Gasteiger partial charge in [-0.1, -0.05) is 78.4 Å². The van der Waals surface area contributed by atoms with Crippen LogP contribution in [0.25, 0.3) is 10.6 Å². The number of rotatable bonds is 6. The Morgan fingerprint density at radius 2 is 1.66 bits per heavy atom. The molecule has 0 N–H and O–H groups in total. The third kappa shape index (κ3) is 4.79. The van der Waals surface area contributed by atoms with E-state index in [2.05, 4.69) is 48.3 Å². The van der Waals surface area contributed by atoms with Crippen LogP contribution >= 0.6 is 11.3 Å². The van der Waals surface area contributed by atoms with E-state index in [-0.39, 0.29) is 12.6 Å². The van der Waals surface area contributed by atoms with E-state index in [0.717, 1.165) is 27.4 Å². The molecule has 0 saturated carbocycles. The number of ether oxygens (including phenoxy) is 1. The third-order valence-corrected chi connectivity index (χ3v) is 5.62. The summed E-state index contributed by atoms with van der Waals surface area (Å²) in [6.45, 7) is 2.23. The number of aromatic nitrogens is 1. The Labute approximate surface area is 174 Å². The molecule has 0 saturated heterocycles. The second-order valence-electron chi connectivity index (χ2n) is 6.91. The maximum Gasteiger partial charge on any atom is 0.338 e. The number of hydrogen-bond acceptors (Lipinski definition) is 4. The Kier molecular flexibility index (Phi) is 5.82. The van der Waals surface area contributed by atoms with Gasteiger partial charge in [0.2, 0.25) is 0 Å². The molecule has 0 spiro atoms. The predicted octanol–water partition coefficient (Wildman–Crippen LogP) is 6.07. The lowest BCUT2D eigenvalue weighted by Gasteiger charge is -2.09. The highest BCUT2D eigenvalue weighted by molar-refractivity contribution is 7.13. The number of hydrogen-bond donors (Lipinski definition) is 0. The molecule has 0 amide bonds. The smallest absolute Gasteiger partial charge is 0.338 e. The van der Waals surface area contributed by atoms with Crippen molar-refractivity contribution in [1.82, 2.24) is 4.98 Å². The first-order chi connectivity index (χ1) is 14.2. The summed E-state index contributed by atoms with van der Waals surface area (Å²) in [5.41, 5.74) is 5.78. The lowest BCUT2D eigenvalue weighted by Crippen LogP contribution is -2.09. The summed E-state index contributed by atoms with van der Waals surface area (Å²) < 4.78 is 5.57. The summed E-state index contributed by atoms with van der Waals surface area (Å²) in [5, 5.41) is 2.87. The molecule has 4 heteroatoms. The molecule has 4 rings (SSSR count). The van der Waals surface area contributed by atoms with E-state index >= 15 is 0 Å². The third-order valence-electron chi connectivity index (χ3n) is 4.68. The number of esters is 1. The van der Waals surface area contributed by atoms with Gasteiger partial charge in [0, 0.05) is 10.9 Å². The molecular weight excluding hydrogens is 378 g/mol. The van der Waals surface area contributed by atoms with Crippen molar-refractivity contribution >= 4 is 17.3 Å². The molecular formula is C25H21NO2S. The molecule has 4 aromatic rings. The Morgan fingerprint density at radius 3 is 2.45 bits per heavy atom. The first-order valence-corrected chi connectivity index (χ1v) is 10.4. The Hall–Kier alpha value is -3.24. The van der Waals surface area contributed by atoms with Gasteiger partial charge in [-0.05, 0) is 30.5 Å². The SMILES string of the molecule is Cc1ccc(-c2nc(COC(=O)c3ccccc3Cc3ccccc3)cs2)cc1. The van der Waals surface area contributed by atoms with Crippen LogP contribution in [0.1, 0.15) is 32.7 Å². The lowest BCUT2D eigenvalue weighted by molar-refractivity contribution is 0.0467. The molecule has 0 aliphatic rings. The van der Waals surface area contributed by atoms with Crippen LogP contribution in [0.15, 0.2) is 84.2 Å². The van der Waals surface area contributed by atoms with Gasteiger partial charge in [0.05, 0.1) is 11.3 Å². The van der Waals surface area contributed by atoms with Crippen molar-refractivity contribution in [3.05, 3.63) is 112 Å². The monoisotopic (exact) mass is 399 g/mol. The second kappa shape index (κ2) is 8.84. The van der Waals surface area contributed by atoms with Crippen LogP contribution in [0, 0.1) is 6.92 Å². The van der Waals surface area contributed by atoms with Crippen LogP contribution in [0.2, 0.25) is 0 Å². The van der Waals surface area contributed by atoms with Gasteiger partial charge in [-0.25, -0.2) is 9.78 Å². The molecule has 3 nitrogen and oxygen atoms in total. The van der Waals surface area contributed by atoms with Gasteiger partial charge < -0.3 is 4.74 Å². The van der Waals surface area contributed by atoms with Crippen molar-refractivity contribution < 1.29 is 9.53 Å². The number of carbonyl (C=O) groups is 1. The summed E-state index contributed by atoms with van der Waals surface area (Å²) in [6, 6.07) is 26.0. The maximum absolute atomic E-state index is 12.7. The topological polar surface area (TPSA) is 39.2 Å². The zero-order valence-corrected chi connectivity index (χ0v) is 17.0. The minimum absolute atomic E-state index is 0.168. The van der Waals surface area contributed by atoms with Crippen molar-refractivity contribution in [3.8, 4) is 10.6 Å². The zero-order valence-electron chi connectivity index (χ0n) is 16.2. The highest BCUT2D eigenvalue weighted by Crippen LogP contribution is 2.24. The normalized spacial score (nSPS) is 10.7. The Bertz CT molecular complexity index is 1100. The fourth-order valence-corrected chi connectivity index (χ4v) is 3.92. The standard InChI is InChI=1S/C25H21NO2S/c1-18-11-13-20(14-12-18)24-26-22(17-29-24)16-28-25(27)23-10-6-5-9-21(23)15-19-7-3-2-4-8-19/h2-14,17H,15-16H2,1H3. The van der Waals surface area contributed by atoms with Crippen molar-refractivity contribution in [2.24, 2.45) is 0 Å². The first-order valence-electron chi connectivity index (χ1n) is 9.49. The zero-order chi connectivity index (χ0) is 20.1. The van der Waals surface area contributed by atoms with Crippen molar-refractivity contribution in [3.63, 3.8) is 0 Å². The molecule has 3 aromatic carbocycles. The Morgan fingerprint density at radius 1 is 0.931 bits per heavy atom. The largest absolute Gasteiger partial charge is 0.456 e. The number of carbonyl (C=O) groups excluding carboxylic acids is 1. The van der Waals surface area contributed by atoms with E-state index in [0.29, 0.717) is 12.0 Å². The van der Waals surface area contributed by atoms with Gasteiger partial charge in [-0.15, -0.1) is 11.3 Å². The quantitative estimate of drug-likeness (QED) is 0.370. The van der Waals surface area contributed by atoms with Gasteiger partial charge in [0.1, 0.15) is 11.6 Å². The average molecular weight is 400 g/mol. The summed E-state index contributed by atoms with van der Waals surface area (Å²) in [7, 11) is 0. The maximum atomic E-state index is 12.7. The van der Waals surface area contributed by atoms with Crippen LogP contribution in [0.4, 0.5) is 0 Å². The summed E-state index contributed by atoms with van der Waals surface area (Å²) in [4.78, 5) is 17.3. The molecule has 0 radical (unpaired) electrons. The summed E-state index contributed by atoms with van der Waals surface area (Å²) >= 11 is 1.56. The molecule has 1 heterocycles. The van der Waals surface area contributed by atoms with Crippen LogP contribution in [-0.4, -0.2) is 11.0 Å². The highest BCUT2D eigenvalue weighted by Gasteiger charge is 2.14. The van der Waals surface area contributed by atoms with Gasteiger partial charge in [-0.2, -0.15) is 0 Å². The fraction of sp³-hybridized carbons (Fsp3) is 0.120. The first kappa shape index (κ1) is 19.1. The number of benzene rings is 3. The Balaban J connectivity index is 1.43. The number of thiazole rings is 1. The van der Waals surface area contributed by atoms with E-state index in [1.807, 2.05) is 47.8 Å². The van der Waals surface area contributed by atoms with Crippen molar-refractivity contribution in [2.75, 3.05) is 0 Å². The number of nitrogens with zero attached hydrogens (tertiary/aromatic N) is 1. The van der Waals surface area contributed by atoms with Crippen LogP contribution < -0.4 is 0 Å². The van der Waals surface area contributed by atoms with Gasteiger partial charge in [0.25, 0.3) is 0 Å². The van der Waals surface area contributed by atoms with E-state index in [1.165, 1.54) is 5.56 Å². The van der Waals surface area contributed by atoms with E-state index < -0.39 is 0 Å². The summed E-state index contributed by atoms with van der Waals surface area (Å²) in [6.07, 6.45) is 0.695. The molecule has 1 aromatic heterocycles. The molecule has 0 aliphatic carbocycles. The summed E-state index contributed by atoms with van der Waals surface area (Å²) in [5.74, 6) is -0.318. The van der Waals surface area contributed by atoms with Crippen LogP contribution in [0.3, 0.4) is 0 Å². The number of aryl methyl sites for hydroxylation is 1. The molecule has 0 atom stereocenters. The van der Waals surface area contributed by atoms with E-state index in [1.54, 1.807) is 11.3 Å². The van der Waals surface area contributed by atoms with Gasteiger partial charge in [-0.3, -0.25) is 0 Å². The van der Waals surface area contributed by atoms with Crippen LogP contribution in [-0.2, 0) is 17.8 Å². The molecule has 144 valence electrons. The van der Waals surface area contributed by atoms with E-state index in [4.69, 9.17) is 4.74 Å². The second-order valence-corrected chi connectivity index (χ2v) is 7.76. The van der Waals surface area contributed by atoms with Crippen LogP contribution in [0.5, 0.6) is 0 Å². The fourth-order valence-electron chi connectivity index (χ4n) is 3.11. The van der Waals surface area contributed by atoms with E-state index in [9.17, 15) is 4.79 Å². The molecule has 0 aliphatic heterocycles. The molecule has 29 heavy (non-hydrogen) atoms. The minimum atomic E-state index is -0.318. The predicted molar refractivity (Wildman–Crippen MR) is 117 cm³/mol. The minimum Gasteiger partial charge on any atom is -0.456 e. The lowest BCUT2D eigenvalue weighted by atomic mass is 10.00. The van der Waals surface area contributed by atoms with Gasteiger partial charge in [0.15, 0.2) is 0 Å². The van der Waals surface area contributed by atoms with Gasteiger partial charge >= 0.3 is 5.97 Å². The van der Waals surface area contributed by atoms with Crippen molar-refractivity contribution in [1.29, 1.82) is 0 Å². The molecule has 0 unspecified atom stereocenters. The molecule has 0 fully saturated rings. The molecule has 0 bridgehead atoms. The average Bonchev–Trinajstić information content (AvgIpc) is 3.23. The highest BCUT2D eigenvalue weighted by atomic mass is 32.1.